The molecule has 0 radical (unpaired) electrons. The van der Waals surface area contributed by atoms with Crippen molar-refractivity contribution in [2.75, 3.05) is 0 Å². The van der Waals surface area contributed by atoms with Crippen LogP contribution in [0.1, 0.15) is 33.6 Å². The molecule has 1 aliphatic rings. The third-order valence-electron chi connectivity index (χ3n) is 2.47. The van der Waals surface area contributed by atoms with Crippen molar-refractivity contribution in [3.8, 4) is 0 Å². The lowest BCUT2D eigenvalue weighted by molar-refractivity contribution is -0.122. The number of ether oxygens (including phenoxy) is 1. The van der Waals surface area contributed by atoms with Crippen molar-refractivity contribution in [1.82, 2.24) is 0 Å². The van der Waals surface area contributed by atoms with E-state index in [2.05, 4.69) is 6.92 Å². The molecule has 0 aromatic rings. The Labute approximate surface area is 67.9 Å². The highest BCUT2D eigenvalue weighted by Gasteiger charge is 2.33. The van der Waals surface area contributed by atoms with E-state index < -0.39 is 0 Å². The second-order valence-electron chi connectivity index (χ2n) is 3.32. The van der Waals surface area contributed by atoms with Gasteiger partial charge in [0, 0.05) is 5.92 Å². The number of rotatable bonds is 2. The van der Waals surface area contributed by atoms with E-state index in [1.54, 1.807) is 6.92 Å². The highest BCUT2D eigenvalue weighted by molar-refractivity contribution is 5.79. The smallest absolute Gasteiger partial charge is 0.135 e. The fraction of sp³-hybridized carbons (Fsp3) is 0.889. The quantitative estimate of drug-likeness (QED) is 0.609. The first-order valence-electron chi connectivity index (χ1n) is 4.31. The van der Waals surface area contributed by atoms with Crippen LogP contribution in [0.4, 0.5) is 0 Å². The zero-order chi connectivity index (χ0) is 8.43. The molecule has 0 bridgehead atoms. The van der Waals surface area contributed by atoms with Gasteiger partial charge in [0.2, 0.25) is 0 Å². The van der Waals surface area contributed by atoms with Gasteiger partial charge in [0.25, 0.3) is 0 Å². The maximum atomic E-state index is 11.0. The topological polar surface area (TPSA) is 26.3 Å². The molecule has 0 saturated carbocycles. The van der Waals surface area contributed by atoms with Crippen LogP contribution in [-0.4, -0.2) is 18.0 Å². The van der Waals surface area contributed by atoms with E-state index in [1.165, 1.54) is 0 Å². The minimum absolute atomic E-state index is 0.137. The third kappa shape index (κ3) is 1.80. The van der Waals surface area contributed by atoms with Crippen molar-refractivity contribution in [2.45, 2.75) is 45.8 Å². The number of carbonyl (C=O) groups excluding carboxylic acids is 1. The molecule has 3 atom stereocenters. The molecule has 0 aromatic heterocycles. The molecule has 0 aliphatic carbocycles. The molecule has 0 amide bonds. The van der Waals surface area contributed by atoms with Crippen LogP contribution in [0, 0.1) is 5.92 Å². The summed E-state index contributed by atoms with van der Waals surface area (Å²) in [6, 6.07) is 0. The van der Waals surface area contributed by atoms with E-state index in [4.69, 9.17) is 4.74 Å². The number of hydrogen-bond acceptors (Lipinski definition) is 2. The fourth-order valence-corrected chi connectivity index (χ4v) is 1.69. The molecule has 1 fully saturated rings. The maximum absolute atomic E-state index is 11.0. The Morgan fingerprint density at radius 2 is 2.27 bits per heavy atom. The molecule has 2 nitrogen and oxygen atoms in total. The number of Topliss-reactive ketones (excluding diaryl/α,β-unsaturated/α-hetero) is 1. The van der Waals surface area contributed by atoms with E-state index in [9.17, 15) is 4.79 Å². The minimum atomic E-state index is 0.137. The predicted octanol–water partition coefficient (Wildman–Crippen LogP) is 1.78. The monoisotopic (exact) mass is 156 g/mol. The highest BCUT2D eigenvalue weighted by Crippen LogP contribution is 2.28. The SMILES string of the molecule is CCC1CC(C(C)=O)C(C)O1. The normalized spacial score (nSPS) is 37.5. The van der Waals surface area contributed by atoms with Gasteiger partial charge in [0.15, 0.2) is 0 Å². The maximum Gasteiger partial charge on any atom is 0.135 e. The predicted molar refractivity (Wildman–Crippen MR) is 43.4 cm³/mol. The molecule has 11 heavy (non-hydrogen) atoms. The zero-order valence-electron chi connectivity index (χ0n) is 7.46. The van der Waals surface area contributed by atoms with Gasteiger partial charge in [-0.1, -0.05) is 6.92 Å². The number of carbonyl (C=O) groups is 1. The summed E-state index contributed by atoms with van der Waals surface area (Å²) in [4.78, 5) is 11.0. The van der Waals surface area contributed by atoms with Crippen LogP contribution in [0.3, 0.4) is 0 Å². The Morgan fingerprint density at radius 3 is 2.55 bits per heavy atom. The van der Waals surface area contributed by atoms with E-state index in [0.29, 0.717) is 6.10 Å². The molecule has 0 spiro atoms. The molecule has 3 unspecified atom stereocenters. The van der Waals surface area contributed by atoms with E-state index >= 15 is 0 Å². The molecule has 1 heterocycles. The van der Waals surface area contributed by atoms with Gasteiger partial charge in [-0.15, -0.1) is 0 Å². The minimum Gasteiger partial charge on any atom is -0.375 e. The summed E-state index contributed by atoms with van der Waals surface area (Å²) in [5.41, 5.74) is 0. The van der Waals surface area contributed by atoms with Crippen molar-refractivity contribution in [2.24, 2.45) is 5.92 Å². The third-order valence-corrected chi connectivity index (χ3v) is 2.47. The highest BCUT2D eigenvalue weighted by atomic mass is 16.5. The summed E-state index contributed by atoms with van der Waals surface area (Å²) < 4.78 is 5.56. The fourth-order valence-electron chi connectivity index (χ4n) is 1.69. The first-order chi connectivity index (χ1) is 5.15. The van der Waals surface area contributed by atoms with Gasteiger partial charge < -0.3 is 4.74 Å². The van der Waals surface area contributed by atoms with Crippen LogP contribution in [0.5, 0.6) is 0 Å². The molecule has 1 saturated heterocycles. The van der Waals surface area contributed by atoms with Gasteiger partial charge in [-0.2, -0.15) is 0 Å². The lowest BCUT2D eigenvalue weighted by Crippen LogP contribution is -2.18. The second-order valence-corrected chi connectivity index (χ2v) is 3.32. The van der Waals surface area contributed by atoms with Crippen molar-refractivity contribution < 1.29 is 9.53 Å². The summed E-state index contributed by atoms with van der Waals surface area (Å²) in [5, 5.41) is 0. The average Bonchev–Trinajstić information content (AvgIpc) is 2.30. The standard InChI is InChI=1S/C9H16O2/c1-4-8-5-9(6(2)10)7(3)11-8/h7-9H,4-5H2,1-3H3. The summed E-state index contributed by atoms with van der Waals surface area (Å²) in [6.07, 6.45) is 2.40. The van der Waals surface area contributed by atoms with E-state index in [0.717, 1.165) is 12.8 Å². The Balaban J connectivity index is 2.51. The summed E-state index contributed by atoms with van der Waals surface area (Å²) in [7, 11) is 0. The molecule has 1 rings (SSSR count). The number of ketones is 1. The van der Waals surface area contributed by atoms with Crippen LogP contribution in [-0.2, 0) is 9.53 Å². The van der Waals surface area contributed by atoms with Crippen LogP contribution in [0.15, 0.2) is 0 Å². The van der Waals surface area contributed by atoms with Gasteiger partial charge in [-0.25, -0.2) is 0 Å². The van der Waals surface area contributed by atoms with Crippen molar-refractivity contribution in [3.05, 3.63) is 0 Å². The molecular weight excluding hydrogens is 140 g/mol. The first-order valence-corrected chi connectivity index (χ1v) is 4.31. The molecule has 0 N–H and O–H groups in total. The Bertz CT molecular complexity index is 154. The second kappa shape index (κ2) is 3.35. The summed E-state index contributed by atoms with van der Waals surface area (Å²) >= 11 is 0. The van der Waals surface area contributed by atoms with Crippen LogP contribution in [0.25, 0.3) is 0 Å². The zero-order valence-corrected chi connectivity index (χ0v) is 7.46. The van der Waals surface area contributed by atoms with Crippen molar-refractivity contribution in [3.63, 3.8) is 0 Å². The molecule has 0 aromatic carbocycles. The Morgan fingerprint density at radius 1 is 1.64 bits per heavy atom. The van der Waals surface area contributed by atoms with Gasteiger partial charge in [-0.3, -0.25) is 4.79 Å². The van der Waals surface area contributed by atoms with Crippen LogP contribution >= 0.6 is 0 Å². The van der Waals surface area contributed by atoms with Gasteiger partial charge >= 0.3 is 0 Å². The number of hydrogen-bond donors (Lipinski definition) is 0. The van der Waals surface area contributed by atoms with Gasteiger partial charge in [0.05, 0.1) is 12.2 Å². The van der Waals surface area contributed by atoms with E-state index in [-0.39, 0.29) is 17.8 Å². The summed E-state index contributed by atoms with van der Waals surface area (Å²) in [6.45, 7) is 5.74. The Hall–Kier alpha value is -0.370. The average molecular weight is 156 g/mol. The molecule has 64 valence electrons. The van der Waals surface area contributed by atoms with E-state index in [1.807, 2.05) is 6.92 Å². The lowest BCUT2D eigenvalue weighted by atomic mass is 9.96. The van der Waals surface area contributed by atoms with Crippen LogP contribution < -0.4 is 0 Å². The van der Waals surface area contributed by atoms with Crippen LogP contribution in [0.2, 0.25) is 0 Å². The largest absolute Gasteiger partial charge is 0.375 e. The lowest BCUT2D eigenvalue weighted by Gasteiger charge is -2.08. The Kier molecular flexibility index (Phi) is 2.66. The van der Waals surface area contributed by atoms with Gasteiger partial charge in [0.1, 0.15) is 5.78 Å². The molecule has 2 heteroatoms. The summed E-state index contributed by atoms with van der Waals surface area (Å²) in [5.74, 6) is 0.424. The first kappa shape index (κ1) is 8.72. The molecular formula is C9H16O2. The molecule has 1 aliphatic heterocycles. The van der Waals surface area contributed by atoms with Gasteiger partial charge in [-0.05, 0) is 26.7 Å². The van der Waals surface area contributed by atoms with Crippen molar-refractivity contribution >= 4 is 5.78 Å². The van der Waals surface area contributed by atoms with Crippen molar-refractivity contribution in [1.29, 1.82) is 0 Å².